The van der Waals surface area contributed by atoms with Crippen molar-refractivity contribution in [2.75, 3.05) is 16.2 Å². The highest BCUT2D eigenvalue weighted by Gasteiger charge is 2.30. The summed E-state index contributed by atoms with van der Waals surface area (Å²) in [7, 11) is -4.12. The number of sulfonamides is 1. The van der Waals surface area contributed by atoms with Crippen LogP contribution in [0.25, 0.3) is 0 Å². The topological polar surface area (TPSA) is 105 Å². The summed E-state index contributed by atoms with van der Waals surface area (Å²) < 4.78 is 32.0. The Labute approximate surface area is 167 Å². The number of carbonyl (C=O) groups excluding carboxylic acids is 1. The fourth-order valence-corrected chi connectivity index (χ4v) is 3.87. The molecule has 146 valence electrons. The Morgan fingerprint density at radius 1 is 1.21 bits per heavy atom. The van der Waals surface area contributed by atoms with Gasteiger partial charge in [0.1, 0.15) is 22.4 Å². The van der Waals surface area contributed by atoms with Crippen molar-refractivity contribution < 1.29 is 17.7 Å². The lowest BCUT2D eigenvalue weighted by atomic mass is 10.2. The maximum absolute atomic E-state index is 13.1. The van der Waals surface area contributed by atoms with E-state index < -0.39 is 22.5 Å². The zero-order chi connectivity index (χ0) is 20.3. The van der Waals surface area contributed by atoms with E-state index in [-0.39, 0.29) is 15.9 Å². The van der Waals surface area contributed by atoms with Crippen molar-refractivity contribution in [2.45, 2.75) is 18.7 Å². The molecule has 28 heavy (non-hydrogen) atoms. The molecule has 0 atom stereocenters. The molecule has 0 radical (unpaired) electrons. The fourth-order valence-electron chi connectivity index (χ4n) is 2.46. The first-order chi connectivity index (χ1) is 13.3. The van der Waals surface area contributed by atoms with Crippen LogP contribution in [0.4, 0.5) is 11.5 Å². The molecule has 0 bridgehead atoms. The van der Waals surface area contributed by atoms with Crippen LogP contribution in [0.5, 0.6) is 0 Å². The number of pyridine rings is 1. The molecule has 8 nitrogen and oxygen atoms in total. The van der Waals surface area contributed by atoms with Gasteiger partial charge in [-0.15, -0.1) is 0 Å². The smallest absolute Gasteiger partial charge is 0.267 e. The lowest BCUT2D eigenvalue weighted by Crippen LogP contribution is -2.38. The Morgan fingerprint density at radius 2 is 2.00 bits per heavy atom. The van der Waals surface area contributed by atoms with Crippen LogP contribution < -0.4 is 9.62 Å². The molecule has 1 aromatic carbocycles. The van der Waals surface area contributed by atoms with Gasteiger partial charge >= 0.3 is 0 Å². The molecule has 0 fully saturated rings. The van der Waals surface area contributed by atoms with Gasteiger partial charge in [-0.05, 0) is 43.7 Å². The van der Waals surface area contributed by atoms with Crippen molar-refractivity contribution in [3.05, 3.63) is 65.1 Å². The van der Waals surface area contributed by atoms with Crippen molar-refractivity contribution in [3.8, 4) is 0 Å². The van der Waals surface area contributed by atoms with Crippen LogP contribution in [0.15, 0.2) is 58.1 Å². The number of rotatable bonds is 6. The normalized spacial score (nSPS) is 11.2. The molecule has 0 aliphatic rings. The molecule has 0 saturated heterocycles. The van der Waals surface area contributed by atoms with Crippen molar-refractivity contribution in [2.24, 2.45) is 0 Å². The van der Waals surface area contributed by atoms with Gasteiger partial charge in [0.15, 0.2) is 5.82 Å². The number of benzene rings is 1. The minimum atomic E-state index is -4.12. The zero-order valence-electron chi connectivity index (χ0n) is 15.1. The third-order valence-corrected chi connectivity index (χ3v) is 5.71. The number of hydrogen-bond acceptors (Lipinski definition) is 6. The molecule has 3 aromatic rings. The van der Waals surface area contributed by atoms with Crippen molar-refractivity contribution in [1.82, 2.24) is 10.1 Å². The van der Waals surface area contributed by atoms with Crippen molar-refractivity contribution in [3.63, 3.8) is 0 Å². The van der Waals surface area contributed by atoms with Gasteiger partial charge in [0, 0.05) is 18.0 Å². The largest absolute Gasteiger partial charge is 0.360 e. The van der Waals surface area contributed by atoms with Crippen LogP contribution in [0.2, 0.25) is 5.15 Å². The molecule has 3 rings (SSSR count). The summed E-state index contributed by atoms with van der Waals surface area (Å²) in [6.45, 7) is 3.01. The summed E-state index contributed by atoms with van der Waals surface area (Å²) in [6, 6.07) is 11.3. The Balaban J connectivity index is 1.91. The molecule has 2 aromatic heterocycles. The number of nitrogens with one attached hydrogen (secondary N) is 1. The standard InChI is InChI=1S/C18H17ClN4O4S/c1-12-4-3-5-14(8-12)21-18(24)11-23(17-9-13(2)27-22-17)28(25,26)15-6-7-16(19)20-10-15/h3-10H,11H2,1-2H3,(H,21,24). The van der Waals surface area contributed by atoms with E-state index in [2.05, 4.69) is 15.5 Å². The third-order valence-electron chi connectivity index (χ3n) is 3.75. The Bertz CT molecular complexity index is 1100. The summed E-state index contributed by atoms with van der Waals surface area (Å²) in [6.07, 6.45) is 1.12. The maximum Gasteiger partial charge on any atom is 0.267 e. The van der Waals surface area contributed by atoms with E-state index in [1.807, 2.05) is 13.0 Å². The maximum atomic E-state index is 13.1. The second kappa shape index (κ2) is 7.99. The summed E-state index contributed by atoms with van der Waals surface area (Å²) in [4.78, 5) is 16.2. The molecular formula is C18H17ClN4O4S. The van der Waals surface area contributed by atoms with E-state index in [0.717, 1.165) is 16.1 Å². The molecule has 2 heterocycles. The first kappa shape index (κ1) is 19.8. The Hall–Kier alpha value is -2.91. The quantitative estimate of drug-likeness (QED) is 0.614. The number of aromatic nitrogens is 2. The molecule has 0 aliphatic carbocycles. The van der Waals surface area contributed by atoms with Crippen molar-refractivity contribution in [1.29, 1.82) is 0 Å². The second-order valence-corrected chi connectivity index (χ2v) is 8.29. The monoisotopic (exact) mass is 420 g/mol. The lowest BCUT2D eigenvalue weighted by Gasteiger charge is -2.21. The van der Waals surface area contributed by atoms with Gasteiger partial charge in [0.05, 0.1) is 0 Å². The van der Waals surface area contributed by atoms with Crippen LogP contribution in [0.1, 0.15) is 11.3 Å². The van der Waals surface area contributed by atoms with Gasteiger partial charge in [0.25, 0.3) is 10.0 Å². The van der Waals surface area contributed by atoms with Crippen molar-refractivity contribution >= 4 is 39.0 Å². The molecule has 0 unspecified atom stereocenters. The molecule has 0 aliphatic heterocycles. The van der Waals surface area contributed by atoms with Gasteiger partial charge in [-0.3, -0.25) is 4.79 Å². The fraction of sp³-hybridized carbons (Fsp3) is 0.167. The highest BCUT2D eigenvalue weighted by atomic mass is 35.5. The molecule has 0 saturated carbocycles. The number of carbonyl (C=O) groups is 1. The van der Waals surface area contributed by atoms with E-state index in [9.17, 15) is 13.2 Å². The van der Waals surface area contributed by atoms with Gasteiger partial charge in [-0.1, -0.05) is 28.9 Å². The lowest BCUT2D eigenvalue weighted by molar-refractivity contribution is -0.114. The minimum absolute atomic E-state index is 0.00755. The molecule has 0 spiro atoms. The number of nitrogens with zero attached hydrogens (tertiary/aromatic N) is 3. The van der Waals surface area contributed by atoms with Gasteiger partial charge in [-0.25, -0.2) is 17.7 Å². The number of hydrogen-bond donors (Lipinski definition) is 1. The average molecular weight is 421 g/mol. The van der Waals surface area contributed by atoms with E-state index in [0.29, 0.717) is 11.4 Å². The summed E-state index contributed by atoms with van der Waals surface area (Å²) >= 11 is 5.74. The molecular weight excluding hydrogens is 404 g/mol. The SMILES string of the molecule is Cc1cccc(NC(=O)CN(c2cc(C)on2)S(=O)(=O)c2ccc(Cl)nc2)c1. The summed E-state index contributed by atoms with van der Waals surface area (Å²) in [5.41, 5.74) is 1.52. The number of halogens is 1. The predicted molar refractivity (Wildman–Crippen MR) is 105 cm³/mol. The first-order valence-corrected chi connectivity index (χ1v) is 10.0. The van der Waals surface area contributed by atoms with Crippen LogP contribution in [-0.2, 0) is 14.8 Å². The van der Waals surface area contributed by atoms with E-state index in [4.69, 9.17) is 16.1 Å². The highest BCUT2D eigenvalue weighted by Crippen LogP contribution is 2.24. The highest BCUT2D eigenvalue weighted by molar-refractivity contribution is 7.92. The van der Waals surface area contributed by atoms with Crippen LogP contribution in [0, 0.1) is 13.8 Å². The molecule has 10 heteroatoms. The minimum Gasteiger partial charge on any atom is -0.360 e. The van der Waals surface area contributed by atoms with Gasteiger partial charge in [-0.2, -0.15) is 0 Å². The Morgan fingerprint density at radius 3 is 2.61 bits per heavy atom. The number of anilines is 2. The average Bonchev–Trinajstić information content (AvgIpc) is 3.06. The summed E-state index contributed by atoms with van der Waals surface area (Å²) in [5, 5.41) is 6.58. The van der Waals surface area contributed by atoms with Crippen LogP contribution >= 0.6 is 11.6 Å². The van der Waals surface area contributed by atoms with Crippen LogP contribution in [-0.4, -0.2) is 31.0 Å². The zero-order valence-corrected chi connectivity index (χ0v) is 16.7. The third kappa shape index (κ3) is 4.49. The van der Waals surface area contributed by atoms with E-state index in [1.165, 1.54) is 18.2 Å². The second-order valence-electron chi connectivity index (χ2n) is 6.04. The van der Waals surface area contributed by atoms with Crippen LogP contribution in [0.3, 0.4) is 0 Å². The first-order valence-electron chi connectivity index (χ1n) is 8.20. The van der Waals surface area contributed by atoms with E-state index in [1.54, 1.807) is 25.1 Å². The predicted octanol–water partition coefficient (Wildman–Crippen LogP) is 3.17. The van der Waals surface area contributed by atoms with E-state index >= 15 is 0 Å². The summed E-state index contributed by atoms with van der Waals surface area (Å²) in [5.74, 6) is -0.132. The van der Waals surface area contributed by atoms with Gasteiger partial charge < -0.3 is 9.84 Å². The molecule has 1 N–H and O–H groups in total. The number of aryl methyl sites for hydroxylation is 2. The molecule has 1 amide bonds. The van der Waals surface area contributed by atoms with Gasteiger partial charge in [0.2, 0.25) is 5.91 Å². The number of amides is 1. The Kier molecular flexibility index (Phi) is 5.66.